The molecule has 1 aliphatic heterocycles. The number of hydrogen-bond acceptors (Lipinski definition) is 6. The Kier molecular flexibility index (Phi) is 10.1. The molecule has 6 bridgehead atoms. The second kappa shape index (κ2) is 14.1. The minimum Gasteiger partial charge on any atom is -0.448 e. The van der Waals surface area contributed by atoms with Gasteiger partial charge in [0.2, 0.25) is 0 Å². The summed E-state index contributed by atoms with van der Waals surface area (Å²) >= 11 is 0. The molecular formula is C49H71NO6. The van der Waals surface area contributed by atoms with Crippen LogP contribution in [0.2, 0.25) is 0 Å². The van der Waals surface area contributed by atoms with Crippen molar-refractivity contribution in [3.63, 3.8) is 0 Å². The molecule has 1 aromatic rings. The number of esters is 1. The van der Waals surface area contributed by atoms with Gasteiger partial charge in [0.15, 0.2) is 11.4 Å². The molecule has 9 atom stereocenters. The number of aliphatic hydroxyl groups is 2. The Morgan fingerprint density at radius 1 is 0.911 bits per heavy atom. The molecule has 0 aromatic heterocycles. The summed E-state index contributed by atoms with van der Waals surface area (Å²) < 4.78 is 6.28. The van der Waals surface area contributed by atoms with E-state index >= 15 is 4.79 Å². The van der Waals surface area contributed by atoms with Crippen LogP contribution in [0.1, 0.15) is 179 Å². The van der Waals surface area contributed by atoms with Crippen LogP contribution in [0.3, 0.4) is 0 Å². The van der Waals surface area contributed by atoms with Crippen LogP contribution in [-0.2, 0) is 20.7 Å². The maximum atomic E-state index is 15.5. The summed E-state index contributed by atoms with van der Waals surface area (Å²) in [5.41, 5.74) is -0.237. The average molecular weight is 770 g/mol. The Bertz CT molecular complexity index is 1770. The van der Waals surface area contributed by atoms with E-state index in [0.717, 1.165) is 74.0 Å². The van der Waals surface area contributed by atoms with Crippen molar-refractivity contribution in [1.82, 2.24) is 4.90 Å². The maximum Gasteiger partial charge on any atom is 0.313 e. The predicted molar refractivity (Wildman–Crippen MR) is 219 cm³/mol. The average Bonchev–Trinajstić information content (AvgIpc) is 3.60. The summed E-state index contributed by atoms with van der Waals surface area (Å²) in [6, 6.07) is 6.35. The van der Waals surface area contributed by atoms with Gasteiger partial charge in [0.1, 0.15) is 0 Å². The highest BCUT2D eigenvalue weighted by molar-refractivity contribution is 6.00. The highest BCUT2D eigenvalue weighted by atomic mass is 16.6. The van der Waals surface area contributed by atoms with Crippen molar-refractivity contribution in [3.05, 3.63) is 46.5 Å². The monoisotopic (exact) mass is 770 g/mol. The van der Waals surface area contributed by atoms with Gasteiger partial charge in [-0.3, -0.25) is 14.4 Å². The Labute approximate surface area is 336 Å². The Morgan fingerprint density at radius 2 is 1.66 bits per heavy atom. The van der Waals surface area contributed by atoms with Crippen LogP contribution in [0.15, 0.2) is 29.8 Å². The third kappa shape index (κ3) is 6.03. The molecule has 1 amide bonds. The Balaban J connectivity index is 1.20. The molecule has 1 heterocycles. The molecule has 10 rings (SSSR count). The molecule has 308 valence electrons. The van der Waals surface area contributed by atoms with Crippen molar-refractivity contribution in [2.24, 2.45) is 45.3 Å². The fourth-order valence-corrected chi connectivity index (χ4v) is 13.8. The first-order chi connectivity index (χ1) is 26.4. The lowest BCUT2D eigenvalue weighted by Crippen LogP contribution is -2.62. The number of carbonyl (C=O) groups excluding carboxylic acids is 3. The van der Waals surface area contributed by atoms with Crippen LogP contribution in [0.5, 0.6) is 0 Å². The third-order valence-electron chi connectivity index (χ3n) is 18.5. The number of fused-ring (bicyclic) bond motifs is 12. The van der Waals surface area contributed by atoms with E-state index in [1.807, 2.05) is 25.7 Å². The SMILES string of the molecule is CC1=CCC[C@@]2(C)[C@@H](CC[C@@]2(O)CN(C[C@@H]2CC[C@H]3C[C@@H]2C3(C)C)C(=O)[C@@]23CC[C@@](C)(C(=O)O2)C3(C)C)c2ccc(cc2C(=O)C2CCCCC2)C[C@@H](O)CC1. The summed E-state index contributed by atoms with van der Waals surface area (Å²) in [6.45, 7) is 16.0. The van der Waals surface area contributed by atoms with Gasteiger partial charge in [-0.15, -0.1) is 0 Å². The molecule has 1 aromatic carbocycles. The number of ketones is 1. The van der Waals surface area contributed by atoms with Crippen molar-refractivity contribution in [2.75, 3.05) is 13.1 Å². The number of allylic oxidation sites excluding steroid dienone is 2. The van der Waals surface area contributed by atoms with Crippen LogP contribution in [0, 0.1) is 45.3 Å². The van der Waals surface area contributed by atoms with E-state index in [9.17, 15) is 19.8 Å². The smallest absolute Gasteiger partial charge is 0.313 e. The van der Waals surface area contributed by atoms with Crippen LogP contribution in [0.4, 0.5) is 0 Å². The largest absolute Gasteiger partial charge is 0.448 e. The van der Waals surface area contributed by atoms with Crippen LogP contribution < -0.4 is 0 Å². The van der Waals surface area contributed by atoms with Gasteiger partial charge in [-0.1, -0.05) is 77.7 Å². The molecule has 2 N–H and O–H groups in total. The number of aliphatic hydroxyl groups excluding tert-OH is 1. The zero-order valence-corrected chi connectivity index (χ0v) is 35.7. The normalized spacial score (nSPS) is 40.3. The lowest BCUT2D eigenvalue weighted by Gasteiger charge is -2.61. The van der Waals surface area contributed by atoms with Gasteiger partial charge in [0.05, 0.1) is 23.7 Å². The first-order valence-corrected chi connectivity index (χ1v) is 22.6. The highest BCUT2D eigenvalue weighted by Gasteiger charge is 2.76. The van der Waals surface area contributed by atoms with E-state index in [2.05, 4.69) is 52.0 Å². The minimum absolute atomic E-state index is 0.00599. The molecule has 56 heavy (non-hydrogen) atoms. The summed E-state index contributed by atoms with van der Waals surface area (Å²) in [5.74, 6) is 1.34. The lowest BCUT2D eigenvalue weighted by molar-refractivity contribution is -0.181. The molecule has 0 radical (unpaired) electrons. The Morgan fingerprint density at radius 3 is 2.32 bits per heavy atom. The van der Waals surface area contributed by atoms with Crippen molar-refractivity contribution >= 4 is 17.7 Å². The van der Waals surface area contributed by atoms with Gasteiger partial charge < -0.3 is 19.8 Å². The summed E-state index contributed by atoms with van der Waals surface area (Å²) in [4.78, 5) is 45.6. The number of nitrogens with zero attached hydrogens (tertiary/aromatic N) is 1. The molecule has 0 unspecified atom stereocenters. The van der Waals surface area contributed by atoms with Gasteiger partial charge >= 0.3 is 5.97 Å². The number of hydrogen-bond donors (Lipinski definition) is 2. The van der Waals surface area contributed by atoms with Crippen molar-refractivity contribution in [1.29, 1.82) is 0 Å². The van der Waals surface area contributed by atoms with Crippen molar-refractivity contribution in [3.8, 4) is 0 Å². The number of ether oxygens (including phenoxy) is 1. The van der Waals surface area contributed by atoms with E-state index in [1.54, 1.807) is 0 Å². The molecule has 7 fully saturated rings. The minimum atomic E-state index is -1.25. The highest BCUT2D eigenvalue weighted by Crippen LogP contribution is 2.67. The second-order valence-electron chi connectivity index (χ2n) is 21.7. The van der Waals surface area contributed by atoms with E-state index < -0.39 is 33.6 Å². The van der Waals surface area contributed by atoms with Gasteiger partial charge in [0.25, 0.3) is 5.91 Å². The number of rotatable bonds is 7. The van der Waals surface area contributed by atoms with Crippen molar-refractivity contribution < 1.29 is 29.3 Å². The zero-order chi connectivity index (χ0) is 40.1. The number of benzene rings is 1. The molecule has 0 spiro atoms. The van der Waals surface area contributed by atoms with Gasteiger partial charge in [-0.2, -0.15) is 0 Å². The molecule has 6 saturated carbocycles. The first-order valence-electron chi connectivity index (χ1n) is 22.6. The second-order valence-corrected chi connectivity index (χ2v) is 21.7. The van der Waals surface area contributed by atoms with E-state index in [0.29, 0.717) is 56.9 Å². The number of Topliss-reactive ketones (excluding diaryl/α,β-unsaturated/α-hetero) is 1. The van der Waals surface area contributed by atoms with E-state index in [4.69, 9.17) is 4.74 Å². The summed E-state index contributed by atoms with van der Waals surface area (Å²) in [7, 11) is 0. The number of carbonyl (C=O) groups is 3. The zero-order valence-electron chi connectivity index (χ0n) is 35.7. The molecular weight excluding hydrogens is 699 g/mol. The standard InChI is InChI=1S/C49H71NO6/c1-31-12-11-22-46(6)39(37-20-16-32(26-36(51)19-15-31)27-38(37)41(52)33-13-9-8-10-14-33)21-23-48(46,55)30-50(29-34-17-18-35-28-40(34)44(35,2)3)42(53)49-25-24-47(7,43(54)56-49)45(49,4)5/h12,16,20,27,33-36,39-40,51,55H,8-11,13-15,17-19,21-26,28-30H2,1-7H3/t34-,35-,36-,39-,40-,46-,47-,48+,49+/m0/s1. The van der Waals surface area contributed by atoms with E-state index in [1.165, 1.54) is 24.8 Å². The van der Waals surface area contributed by atoms with Gasteiger partial charge in [-0.25, -0.2) is 0 Å². The Hall–Kier alpha value is -2.51. The first kappa shape index (κ1) is 40.3. The molecule has 7 nitrogen and oxygen atoms in total. The quantitative estimate of drug-likeness (QED) is 0.163. The number of amides is 1. The molecule has 1 saturated heterocycles. The fourth-order valence-electron chi connectivity index (χ4n) is 13.8. The molecule has 7 heteroatoms. The summed E-state index contributed by atoms with van der Waals surface area (Å²) in [6.07, 6.45) is 16.2. The maximum absolute atomic E-state index is 15.5. The van der Waals surface area contributed by atoms with Crippen molar-refractivity contribution in [2.45, 2.75) is 181 Å². The van der Waals surface area contributed by atoms with Crippen LogP contribution in [0.25, 0.3) is 0 Å². The lowest BCUT2D eigenvalue weighted by atomic mass is 9.45. The molecule has 9 aliphatic rings. The summed E-state index contributed by atoms with van der Waals surface area (Å²) in [5, 5.41) is 24.6. The predicted octanol–water partition coefficient (Wildman–Crippen LogP) is 9.51. The van der Waals surface area contributed by atoms with Crippen LogP contribution >= 0.6 is 0 Å². The van der Waals surface area contributed by atoms with E-state index in [-0.39, 0.29) is 41.5 Å². The van der Waals surface area contributed by atoms with Gasteiger partial charge in [0, 0.05) is 28.9 Å². The third-order valence-corrected chi connectivity index (χ3v) is 18.5. The fraction of sp³-hybridized carbons (Fsp3) is 0.776. The topological polar surface area (TPSA) is 104 Å². The van der Waals surface area contributed by atoms with Crippen LogP contribution in [-0.4, -0.2) is 63.2 Å². The molecule has 8 aliphatic carbocycles. The van der Waals surface area contributed by atoms with Gasteiger partial charge in [-0.05, 0) is 150 Å².